The number of anilines is 2. The van der Waals surface area contributed by atoms with Crippen molar-refractivity contribution in [1.29, 1.82) is 0 Å². The number of fused-ring (bicyclic) bond motifs is 1. The Labute approximate surface area is 128 Å². The highest BCUT2D eigenvalue weighted by Crippen LogP contribution is 2.37. The topological polar surface area (TPSA) is 84.5 Å². The van der Waals surface area contributed by atoms with Crippen molar-refractivity contribution >= 4 is 39.1 Å². The number of ether oxygens (including phenoxy) is 1. The third-order valence-electron chi connectivity index (χ3n) is 2.55. The lowest BCUT2D eigenvalue weighted by Crippen LogP contribution is -2.12. The largest absolute Gasteiger partial charge is 0.466 e. The summed E-state index contributed by atoms with van der Waals surface area (Å²) < 4.78 is 29.7. The van der Waals surface area contributed by atoms with Crippen LogP contribution in [-0.2, 0) is 19.6 Å². The lowest BCUT2D eigenvalue weighted by Gasteiger charge is -2.19. The van der Waals surface area contributed by atoms with Crippen molar-refractivity contribution in [3.05, 3.63) is 29.3 Å². The van der Waals surface area contributed by atoms with E-state index in [9.17, 15) is 13.2 Å². The summed E-state index contributed by atoms with van der Waals surface area (Å²) in [5.74, 6) is -0.282. The number of thioether (sulfide) groups is 1. The first-order valence-electron chi connectivity index (χ1n) is 6.27. The van der Waals surface area contributed by atoms with E-state index in [0.717, 1.165) is 22.5 Å². The van der Waals surface area contributed by atoms with Gasteiger partial charge in [0.1, 0.15) is 0 Å². The Hall–Kier alpha value is -1.67. The molecule has 6 nitrogen and oxygen atoms in total. The van der Waals surface area contributed by atoms with Crippen molar-refractivity contribution in [1.82, 2.24) is 0 Å². The van der Waals surface area contributed by atoms with Crippen LogP contribution in [0.15, 0.2) is 34.2 Å². The fourth-order valence-electron chi connectivity index (χ4n) is 1.79. The van der Waals surface area contributed by atoms with Gasteiger partial charge in [-0.1, -0.05) is 11.8 Å². The maximum absolute atomic E-state index is 11.4. The summed E-state index contributed by atoms with van der Waals surface area (Å²) in [5, 5.41) is 4.96. The van der Waals surface area contributed by atoms with Gasteiger partial charge in [0.15, 0.2) is 0 Å². The first-order valence-corrected chi connectivity index (χ1v) is 9.04. The van der Waals surface area contributed by atoms with Crippen molar-refractivity contribution in [2.24, 2.45) is 0 Å². The molecule has 114 valence electrons. The van der Waals surface area contributed by atoms with Crippen LogP contribution in [0.1, 0.15) is 13.3 Å². The van der Waals surface area contributed by atoms with Crippen LogP contribution in [0.5, 0.6) is 0 Å². The van der Waals surface area contributed by atoms with Crippen molar-refractivity contribution < 1.29 is 17.9 Å². The highest BCUT2D eigenvalue weighted by molar-refractivity contribution is 8.02. The van der Waals surface area contributed by atoms with Gasteiger partial charge >= 0.3 is 5.97 Å². The molecule has 1 heterocycles. The van der Waals surface area contributed by atoms with E-state index in [1.165, 1.54) is 11.8 Å². The standard InChI is InChI=1S/C13H16N2O4S2/c1-3-19-13(16)7-10-8-20-12-6-9(15-21(2,17)18)4-5-11(12)14-10/h4-6,8,14-15H,3,7H2,1-2H3. The minimum Gasteiger partial charge on any atom is -0.466 e. The van der Waals surface area contributed by atoms with E-state index in [1.807, 2.05) is 5.41 Å². The summed E-state index contributed by atoms with van der Waals surface area (Å²) in [4.78, 5) is 12.3. The fourth-order valence-corrected chi connectivity index (χ4v) is 3.20. The smallest absolute Gasteiger partial charge is 0.311 e. The molecule has 0 amide bonds. The van der Waals surface area contributed by atoms with Gasteiger partial charge in [0, 0.05) is 16.3 Å². The highest BCUT2D eigenvalue weighted by atomic mass is 32.2. The van der Waals surface area contributed by atoms with Crippen molar-refractivity contribution in [2.75, 3.05) is 22.9 Å². The number of esters is 1. The number of nitrogens with one attached hydrogen (secondary N) is 2. The Morgan fingerprint density at radius 1 is 1.43 bits per heavy atom. The number of sulfonamides is 1. The summed E-state index contributed by atoms with van der Waals surface area (Å²) in [7, 11) is -3.29. The molecule has 1 aromatic rings. The van der Waals surface area contributed by atoms with E-state index >= 15 is 0 Å². The van der Waals surface area contributed by atoms with Crippen LogP contribution in [0.4, 0.5) is 11.4 Å². The second-order valence-electron chi connectivity index (χ2n) is 4.45. The predicted octanol–water partition coefficient (Wildman–Crippen LogP) is 2.37. The van der Waals surface area contributed by atoms with Crippen molar-refractivity contribution in [3.63, 3.8) is 0 Å². The Morgan fingerprint density at radius 2 is 2.19 bits per heavy atom. The van der Waals surface area contributed by atoms with E-state index in [1.54, 1.807) is 25.1 Å². The van der Waals surface area contributed by atoms with Crippen molar-refractivity contribution in [3.8, 4) is 0 Å². The monoisotopic (exact) mass is 328 g/mol. The molecule has 1 aliphatic rings. The SMILES string of the molecule is CCOC(=O)CC1=CSc2cc(NS(C)(=O)=O)ccc2N1. The molecular formula is C13H16N2O4S2. The molecular weight excluding hydrogens is 312 g/mol. The van der Waals surface area contributed by atoms with E-state index < -0.39 is 10.0 Å². The molecule has 0 fully saturated rings. The van der Waals surface area contributed by atoms with Gasteiger partial charge in [-0.2, -0.15) is 0 Å². The van der Waals surface area contributed by atoms with E-state index in [-0.39, 0.29) is 12.4 Å². The zero-order chi connectivity index (χ0) is 15.5. The quantitative estimate of drug-likeness (QED) is 0.807. The van der Waals surface area contributed by atoms with Gasteiger partial charge in [0.2, 0.25) is 10.0 Å². The van der Waals surface area contributed by atoms with Gasteiger partial charge in [-0.3, -0.25) is 9.52 Å². The summed E-state index contributed by atoms with van der Waals surface area (Å²) in [6.45, 7) is 2.12. The molecule has 0 spiro atoms. The van der Waals surface area contributed by atoms with Crippen LogP contribution < -0.4 is 10.0 Å². The van der Waals surface area contributed by atoms with Gasteiger partial charge in [-0.15, -0.1) is 0 Å². The Balaban J connectivity index is 2.08. The molecule has 1 aromatic carbocycles. The molecule has 0 bridgehead atoms. The zero-order valence-corrected chi connectivity index (χ0v) is 13.3. The Morgan fingerprint density at radius 3 is 2.86 bits per heavy atom. The molecule has 21 heavy (non-hydrogen) atoms. The Bertz CT molecular complexity index is 683. The number of carbonyl (C=O) groups excluding carboxylic acids is 1. The molecule has 0 saturated carbocycles. The molecule has 1 aliphatic heterocycles. The molecule has 0 aromatic heterocycles. The van der Waals surface area contributed by atoms with Gasteiger partial charge in [0.25, 0.3) is 0 Å². The number of rotatable bonds is 5. The molecule has 0 atom stereocenters. The molecule has 8 heteroatoms. The van der Waals surface area contributed by atoms with Gasteiger partial charge in [-0.05, 0) is 30.5 Å². The molecule has 0 saturated heterocycles. The molecule has 2 rings (SSSR count). The minimum atomic E-state index is -3.29. The lowest BCUT2D eigenvalue weighted by molar-refractivity contribution is -0.142. The average molecular weight is 328 g/mol. The molecule has 0 unspecified atom stereocenters. The van der Waals surface area contributed by atoms with Crippen LogP contribution in [0.3, 0.4) is 0 Å². The van der Waals surface area contributed by atoms with Crippen LogP contribution in [0, 0.1) is 0 Å². The van der Waals surface area contributed by atoms with E-state index in [0.29, 0.717) is 12.3 Å². The van der Waals surface area contributed by atoms with Crippen LogP contribution in [-0.4, -0.2) is 27.2 Å². The second-order valence-corrected chi connectivity index (χ2v) is 7.11. The molecule has 0 radical (unpaired) electrons. The summed E-state index contributed by atoms with van der Waals surface area (Å²) in [6, 6.07) is 5.18. The third kappa shape index (κ3) is 4.68. The Kier molecular flexibility index (Phi) is 4.79. The summed E-state index contributed by atoms with van der Waals surface area (Å²) >= 11 is 1.43. The average Bonchev–Trinajstić information content (AvgIpc) is 2.37. The van der Waals surface area contributed by atoms with Crippen LogP contribution >= 0.6 is 11.8 Å². The third-order valence-corrected chi connectivity index (χ3v) is 4.15. The number of hydrogen-bond donors (Lipinski definition) is 2. The van der Waals surface area contributed by atoms with Gasteiger partial charge < -0.3 is 10.1 Å². The second kappa shape index (κ2) is 6.40. The highest BCUT2D eigenvalue weighted by Gasteiger charge is 2.15. The first kappa shape index (κ1) is 15.7. The van der Waals surface area contributed by atoms with Crippen LogP contribution in [0.25, 0.3) is 0 Å². The fraction of sp³-hybridized carbons (Fsp3) is 0.308. The normalized spacial score (nSPS) is 13.7. The number of hydrogen-bond acceptors (Lipinski definition) is 6. The van der Waals surface area contributed by atoms with Crippen LogP contribution in [0.2, 0.25) is 0 Å². The summed E-state index contributed by atoms with van der Waals surface area (Å²) in [5.41, 5.74) is 2.10. The molecule has 2 N–H and O–H groups in total. The summed E-state index contributed by atoms with van der Waals surface area (Å²) in [6.07, 6.45) is 1.29. The first-order chi connectivity index (χ1) is 9.87. The van der Waals surface area contributed by atoms with Gasteiger partial charge in [-0.25, -0.2) is 8.42 Å². The maximum atomic E-state index is 11.4. The number of benzene rings is 1. The van der Waals surface area contributed by atoms with Gasteiger partial charge in [0.05, 0.1) is 25.0 Å². The van der Waals surface area contributed by atoms with E-state index in [4.69, 9.17) is 4.74 Å². The van der Waals surface area contributed by atoms with E-state index in [2.05, 4.69) is 10.0 Å². The zero-order valence-electron chi connectivity index (χ0n) is 11.7. The maximum Gasteiger partial charge on any atom is 0.311 e. The lowest BCUT2D eigenvalue weighted by atomic mass is 10.2. The van der Waals surface area contributed by atoms with Crippen molar-refractivity contribution in [2.45, 2.75) is 18.2 Å². The minimum absolute atomic E-state index is 0.184. The predicted molar refractivity (Wildman–Crippen MR) is 83.7 cm³/mol. The number of carbonyl (C=O) groups is 1. The molecule has 0 aliphatic carbocycles.